The summed E-state index contributed by atoms with van der Waals surface area (Å²) in [4.78, 5) is 29.8. The van der Waals surface area contributed by atoms with Crippen LogP contribution < -0.4 is 15.5 Å². The molecule has 120 valence electrons. The predicted molar refractivity (Wildman–Crippen MR) is 90.9 cm³/mol. The van der Waals surface area contributed by atoms with Gasteiger partial charge in [-0.25, -0.2) is 4.98 Å². The van der Waals surface area contributed by atoms with Gasteiger partial charge in [0, 0.05) is 48.9 Å². The SMILES string of the molecule is CC(=O)Nc1ccc(C(=O)N[C@@H]2CCN(c3nccs3)C2)cc1. The lowest BCUT2D eigenvalue weighted by molar-refractivity contribution is -0.114. The Morgan fingerprint density at radius 2 is 2.09 bits per heavy atom. The molecule has 0 aliphatic carbocycles. The number of hydrogen-bond acceptors (Lipinski definition) is 5. The molecule has 2 amide bonds. The zero-order valence-corrected chi connectivity index (χ0v) is 13.6. The number of amides is 2. The third-order valence-corrected chi connectivity index (χ3v) is 4.51. The molecule has 3 rings (SSSR count). The largest absolute Gasteiger partial charge is 0.347 e. The maximum absolute atomic E-state index is 12.3. The molecule has 23 heavy (non-hydrogen) atoms. The normalized spacial score (nSPS) is 17.1. The molecule has 2 N–H and O–H groups in total. The molecule has 1 aliphatic heterocycles. The fourth-order valence-corrected chi connectivity index (χ4v) is 3.28. The van der Waals surface area contributed by atoms with Crippen LogP contribution in [0.3, 0.4) is 0 Å². The first-order chi connectivity index (χ1) is 11.1. The van der Waals surface area contributed by atoms with Gasteiger partial charge in [-0.05, 0) is 30.7 Å². The molecule has 1 aromatic heterocycles. The van der Waals surface area contributed by atoms with Crippen LogP contribution >= 0.6 is 11.3 Å². The van der Waals surface area contributed by atoms with Crippen LogP contribution in [0, 0.1) is 0 Å². The van der Waals surface area contributed by atoms with E-state index in [1.54, 1.807) is 41.8 Å². The van der Waals surface area contributed by atoms with E-state index in [0.29, 0.717) is 11.3 Å². The maximum atomic E-state index is 12.3. The molecule has 1 atom stereocenters. The Morgan fingerprint density at radius 1 is 1.30 bits per heavy atom. The van der Waals surface area contributed by atoms with E-state index < -0.39 is 0 Å². The number of rotatable bonds is 4. The lowest BCUT2D eigenvalue weighted by Gasteiger charge is -2.16. The molecular weight excluding hydrogens is 312 g/mol. The summed E-state index contributed by atoms with van der Waals surface area (Å²) in [5.41, 5.74) is 1.27. The highest BCUT2D eigenvalue weighted by atomic mass is 32.1. The quantitative estimate of drug-likeness (QED) is 0.900. The second-order valence-electron chi connectivity index (χ2n) is 5.48. The Balaban J connectivity index is 1.56. The zero-order valence-electron chi connectivity index (χ0n) is 12.8. The van der Waals surface area contributed by atoms with Crippen molar-refractivity contribution in [2.24, 2.45) is 0 Å². The topological polar surface area (TPSA) is 74.3 Å². The summed E-state index contributed by atoms with van der Waals surface area (Å²) >= 11 is 1.61. The van der Waals surface area contributed by atoms with Crippen molar-refractivity contribution in [1.29, 1.82) is 0 Å². The molecule has 0 bridgehead atoms. The first-order valence-electron chi connectivity index (χ1n) is 7.45. The summed E-state index contributed by atoms with van der Waals surface area (Å²) in [5, 5.41) is 8.70. The minimum Gasteiger partial charge on any atom is -0.347 e. The molecule has 1 fully saturated rings. The lowest BCUT2D eigenvalue weighted by atomic mass is 10.1. The second kappa shape index (κ2) is 6.78. The van der Waals surface area contributed by atoms with E-state index in [-0.39, 0.29) is 17.9 Å². The Bertz CT molecular complexity index is 685. The number of anilines is 2. The number of benzene rings is 1. The van der Waals surface area contributed by atoms with Crippen molar-refractivity contribution < 1.29 is 9.59 Å². The van der Waals surface area contributed by atoms with Crippen LogP contribution in [-0.2, 0) is 4.79 Å². The van der Waals surface area contributed by atoms with Crippen LogP contribution in [0.15, 0.2) is 35.8 Å². The van der Waals surface area contributed by atoms with Gasteiger partial charge in [0.05, 0.1) is 0 Å². The molecule has 0 spiro atoms. The summed E-state index contributed by atoms with van der Waals surface area (Å²) < 4.78 is 0. The molecule has 2 aromatic rings. The first-order valence-corrected chi connectivity index (χ1v) is 8.33. The lowest BCUT2D eigenvalue weighted by Crippen LogP contribution is -2.37. The maximum Gasteiger partial charge on any atom is 0.251 e. The highest BCUT2D eigenvalue weighted by Crippen LogP contribution is 2.22. The monoisotopic (exact) mass is 330 g/mol. The van der Waals surface area contributed by atoms with E-state index in [1.807, 2.05) is 5.38 Å². The van der Waals surface area contributed by atoms with Gasteiger partial charge in [0.25, 0.3) is 5.91 Å². The van der Waals surface area contributed by atoms with Crippen LogP contribution in [0.1, 0.15) is 23.7 Å². The van der Waals surface area contributed by atoms with Gasteiger partial charge in [-0.2, -0.15) is 0 Å². The summed E-state index contributed by atoms with van der Waals surface area (Å²) in [6.07, 6.45) is 2.71. The van der Waals surface area contributed by atoms with Gasteiger partial charge in [0.1, 0.15) is 0 Å². The van der Waals surface area contributed by atoms with Crippen molar-refractivity contribution in [3.8, 4) is 0 Å². The van der Waals surface area contributed by atoms with Gasteiger partial charge in [-0.15, -0.1) is 11.3 Å². The van der Waals surface area contributed by atoms with E-state index in [1.165, 1.54) is 6.92 Å². The zero-order chi connectivity index (χ0) is 16.2. The average molecular weight is 330 g/mol. The standard InChI is InChI=1S/C16H18N4O2S/c1-11(21)18-13-4-2-12(3-5-13)15(22)19-14-6-8-20(10-14)16-17-7-9-23-16/h2-5,7,9,14H,6,8,10H2,1H3,(H,18,21)(H,19,22)/t14-/m1/s1. The van der Waals surface area contributed by atoms with Gasteiger partial charge in [-0.3, -0.25) is 9.59 Å². The van der Waals surface area contributed by atoms with Crippen molar-refractivity contribution in [2.75, 3.05) is 23.3 Å². The second-order valence-corrected chi connectivity index (χ2v) is 6.35. The fraction of sp³-hybridized carbons (Fsp3) is 0.312. The van der Waals surface area contributed by atoms with Gasteiger partial charge < -0.3 is 15.5 Å². The summed E-state index contributed by atoms with van der Waals surface area (Å²) in [7, 11) is 0. The summed E-state index contributed by atoms with van der Waals surface area (Å²) in [5.74, 6) is -0.221. The van der Waals surface area contributed by atoms with Crippen molar-refractivity contribution in [2.45, 2.75) is 19.4 Å². The van der Waals surface area contributed by atoms with Gasteiger partial charge in [0.2, 0.25) is 5.91 Å². The molecule has 1 aliphatic rings. The summed E-state index contributed by atoms with van der Waals surface area (Å²) in [6, 6.07) is 7.02. The van der Waals surface area contributed by atoms with Crippen molar-refractivity contribution in [3.05, 3.63) is 41.4 Å². The van der Waals surface area contributed by atoms with E-state index in [0.717, 1.165) is 24.6 Å². The van der Waals surface area contributed by atoms with Crippen molar-refractivity contribution in [3.63, 3.8) is 0 Å². The summed E-state index contributed by atoms with van der Waals surface area (Å²) in [6.45, 7) is 3.14. The molecule has 2 heterocycles. The van der Waals surface area contributed by atoms with Crippen molar-refractivity contribution in [1.82, 2.24) is 10.3 Å². The molecule has 1 saturated heterocycles. The molecule has 6 nitrogen and oxygen atoms in total. The molecule has 0 radical (unpaired) electrons. The number of nitrogens with one attached hydrogen (secondary N) is 2. The fourth-order valence-electron chi connectivity index (χ4n) is 2.60. The highest BCUT2D eigenvalue weighted by Gasteiger charge is 2.25. The minimum atomic E-state index is -0.129. The Hall–Kier alpha value is -2.41. The Kier molecular flexibility index (Phi) is 4.57. The van der Waals surface area contributed by atoms with E-state index >= 15 is 0 Å². The van der Waals surface area contributed by atoms with Gasteiger partial charge in [0.15, 0.2) is 5.13 Å². The van der Waals surface area contributed by atoms with Crippen LogP contribution in [0.4, 0.5) is 10.8 Å². The number of aromatic nitrogens is 1. The number of carbonyl (C=O) groups excluding carboxylic acids is 2. The third kappa shape index (κ3) is 3.87. The Labute approximate surface area is 138 Å². The van der Waals surface area contributed by atoms with Crippen LogP contribution in [-0.4, -0.2) is 35.9 Å². The minimum absolute atomic E-state index is 0.0923. The number of thiazole rings is 1. The van der Waals surface area contributed by atoms with E-state index in [2.05, 4.69) is 20.5 Å². The molecule has 0 saturated carbocycles. The first kappa shape index (κ1) is 15.5. The van der Waals surface area contributed by atoms with Crippen LogP contribution in [0.5, 0.6) is 0 Å². The number of carbonyl (C=O) groups is 2. The molecule has 1 aromatic carbocycles. The third-order valence-electron chi connectivity index (χ3n) is 3.68. The predicted octanol–water partition coefficient (Wildman–Crippen LogP) is 2.11. The van der Waals surface area contributed by atoms with Crippen LogP contribution in [0.25, 0.3) is 0 Å². The Morgan fingerprint density at radius 3 is 2.74 bits per heavy atom. The smallest absolute Gasteiger partial charge is 0.251 e. The van der Waals surface area contributed by atoms with Gasteiger partial charge >= 0.3 is 0 Å². The van der Waals surface area contributed by atoms with E-state index in [9.17, 15) is 9.59 Å². The molecular formula is C16H18N4O2S. The number of hydrogen-bond donors (Lipinski definition) is 2. The number of nitrogens with zero attached hydrogens (tertiary/aromatic N) is 2. The van der Waals surface area contributed by atoms with E-state index in [4.69, 9.17) is 0 Å². The van der Waals surface area contributed by atoms with Gasteiger partial charge in [-0.1, -0.05) is 0 Å². The molecule has 7 heteroatoms. The molecule has 0 unspecified atom stereocenters. The van der Waals surface area contributed by atoms with Crippen molar-refractivity contribution >= 4 is 34.0 Å². The van der Waals surface area contributed by atoms with Crippen LogP contribution in [0.2, 0.25) is 0 Å². The highest BCUT2D eigenvalue weighted by molar-refractivity contribution is 7.13. The average Bonchev–Trinajstić information content (AvgIpc) is 3.18.